The number of carbonyl (C=O) groups is 1. The maximum absolute atomic E-state index is 11.8. The minimum atomic E-state index is -0.121. The molecule has 100 valence electrons. The van der Waals surface area contributed by atoms with E-state index in [-0.39, 0.29) is 11.9 Å². The summed E-state index contributed by atoms with van der Waals surface area (Å²) in [6, 6.07) is 0.359. The first-order chi connectivity index (χ1) is 8.06. The Morgan fingerprint density at radius 1 is 1.41 bits per heavy atom. The molecule has 1 rings (SSSR count). The van der Waals surface area contributed by atoms with Crippen LogP contribution in [0.2, 0.25) is 0 Å². The van der Waals surface area contributed by atoms with Crippen LogP contribution in [-0.4, -0.2) is 38.3 Å². The molecule has 0 saturated heterocycles. The van der Waals surface area contributed by atoms with E-state index in [9.17, 15) is 4.79 Å². The molecular weight excluding hydrogens is 216 g/mol. The lowest BCUT2D eigenvalue weighted by Gasteiger charge is -2.23. The van der Waals surface area contributed by atoms with Gasteiger partial charge in [-0.05, 0) is 31.6 Å². The van der Waals surface area contributed by atoms with Crippen molar-refractivity contribution < 1.29 is 9.53 Å². The van der Waals surface area contributed by atoms with Gasteiger partial charge in [-0.15, -0.1) is 0 Å². The van der Waals surface area contributed by atoms with Crippen molar-refractivity contribution in [2.75, 3.05) is 20.3 Å². The highest BCUT2D eigenvalue weighted by Gasteiger charge is 2.31. The van der Waals surface area contributed by atoms with E-state index < -0.39 is 0 Å². The van der Waals surface area contributed by atoms with Gasteiger partial charge in [0.15, 0.2) is 0 Å². The molecule has 0 spiro atoms. The summed E-state index contributed by atoms with van der Waals surface area (Å²) in [7, 11) is 1.63. The third-order valence-corrected chi connectivity index (χ3v) is 3.93. The normalized spacial score (nSPS) is 30.2. The van der Waals surface area contributed by atoms with Gasteiger partial charge >= 0.3 is 0 Å². The third kappa shape index (κ3) is 4.28. The van der Waals surface area contributed by atoms with Gasteiger partial charge in [0, 0.05) is 19.7 Å². The number of ether oxygens (including phenoxy) is 1. The van der Waals surface area contributed by atoms with Crippen LogP contribution in [0.15, 0.2) is 0 Å². The summed E-state index contributed by atoms with van der Waals surface area (Å²) in [4.78, 5) is 11.8. The number of carbonyl (C=O) groups excluding carboxylic acids is 1. The van der Waals surface area contributed by atoms with Crippen molar-refractivity contribution in [1.29, 1.82) is 0 Å². The Morgan fingerprint density at radius 3 is 2.65 bits per heavy atom. The Bertz CT molecular complexity index is 246. The maximum Gasteiger partial charge on any atom is 0.236 e. The molecule has 4 nitrogen and oxygen atoms in total. The number of methoxy groups -OCH3 is 1. The molecule has 0 aromatic rings. The standard InChI is InChI=1S/C13H26N2O2/c1-9-5-6-12(10(9)2)15-11(3)13(16)14-7-8-17-4/h9-12,15H,5-8H2,1-4H3,(H,14,16). The molecule has 1 aliphatic rings. The van der Waals surface area contributed by atoms with Gasteiger partial charge in [0.05, 0.1) is 12.6 Å². The third-order valence-electron chi connectivity index (χ3n) is 3.93. The molecule has 1 aliphatic carbocycles. The van der Waals surface area contributed by atoms with Crippen molar-refractivity contribution in [2.24, 2.45) is 11.8 Å². The predicted octanol–water partition coefficient (Wildman–Crippen LogP) is 1.16. The van der Waals surface area contributed by atoms with Crippen molar-refractivity contribution in [3.8, 4) is 0 Å². The zero-order valence-corrected chi connectivity index (χ0v) is 11.5. The van der Waals surface area contributed by atoms with Crippen LogP contribution >= 0.6 is 0 Å². The monoisotopic (exact) mass is 242 g/mol. The summed E-state index contributed by atoms with van der Waals surface area (Å²) in [5.74, 6) is 1.48. The Kier molecular flexibility index (Phi) is 5.92. The Balaban J connectivity index is 2.28. The minimum absolute atomic E-state index is 0.0637. The molecule has 0 heterocycles. The largest absolute Gasteiger partial charge is 0.383 e. The fraction of sp³-hybridized carbons (Fsp3) is 0.923. The molecule has 4 heteroatoms. The van der Waals surface area contributed by atoms with Gasteiger partial charge in [0.2, 0.25) is 5.91 Å². The molecule has 4 atom stereocenters. The van der Waals surface area contributed by atoms with Crippen LogP contribution in [-0.2, 0) is 9.53 Å². The highest BCUT2D eigenvalue weighted by molar-refractivity contribution is 5.81. The minimum Gasteiger partial charge on any atom is -0.383 e. The number of amides is 1. The Labute approximate surface area is 104 Å². The van der Waals surface area contributed by atoms with Crippen LogP contribution in [0, 0.1) is 11.8 Å². The second kappa shape index (κ2) is 6.97. The van der Waals surface area contributed by atoms with Crippen molar-refractivity contribution in [2.45, 2.75) is 45.7 Å². The molecule has 1 saturated carbocycles. The lowest BCUT2D eigenvalue weighted by atomic mass is 9.97. The summed E-state index contributed by atoms with van der Waals surface area (Å²) in [5.41, 5.74) is 0. The summed E-state index contributed by atoms with van der Waals surface area (Å²) in [5, 5.41) is 6.29. The average molecular weight is 242 g/mol. The van der Waals surface area contributed by atoms with E-state index in [1.54, 1.807) is 7.11 Å². The van der Waals surface area contributed by atoms with Gasteiger partial charge in [-0.3, -0.25) is 4.79 Å². The number of hydrogen-bond acceptors (Lipinski definition) is 3. The van der Waals surface area contributed by atoms with Crippen LogP contribution in [0.1, 0.15) is 33.6 Å². The van der Waals surface area contributed by atoms with Crippen molar-refractivity contribution in [3.05, 3.63) is 0 Å². The molecule has 0 bridgehead atoms. The van der Waals surface area contributed by atoms with E-state index in [0.29, 0.717) is 25.1 Å². The highest BCUT2D eigenvalue weighted by Crippen LogP contribution is 2.31. The summed E-state index contributed by atoms with van der Waals surface area (Å²) in [6.45, 7) is 7.63. The second-order valence-corrected chi connectivity index (χ2v) is 5.19. The van der Waals surface area contributed by atoms with E-state index >= 15 is 0 Å². The van der Waals surface area contributed by atoms with Gasteiger partial charge in [0.25, 0.3) is 0 Å². The summed E-state index contributed by atoms with van der Waals surface area (Å²) < 4.78 is 4.90. The highest BCUT2D eigenvalue weighted by atomic mass is 16.5. The number of hydrogen-bond donors (Lipinski definition) is 2. The summed E-state index contributed by atoms with van der Waals surface area (Å²) in [6.07, 6.45) is 2.44. The molecule has 2 N–H and O–H groups in total. The molecule has 1 amide bonds. The van der Waals surface area contributed by atoms with Gasteiger partial charge in [0.1, 0.15) is 0 Å². The lowest BCUT2D eigenvalue weighted by molar-refractivity contribution is -0.123. The van der Waals surface area contributed by atoms with Crippen LogP contribution in [0.5, 0.6) is 0 Å². The number of nitrogens with one attached hydrogen (secondary N) is 2. The zero-order valence-electron chi connectivity index (χ0n) is 11.5. The molecule has 0 radical (unpaired) electrons. The van der Waals surface area contributed by atoms with E-state index in [4.69, 9.17) is 4.74 Å². The molecule has 0 aromatic heterocycles. The molecule has 4 unspecified atom stereocenters. The first kappa shape index (κ1) is 14.5. The predicted molar refractivity (Wildman–Crippen MR) is 68.8 cm³/mol. The van der Waals surface area contributed by atoms with Gasteiger partial charge in [-0.25, -0.2) is 0 Å². The Hall–Kier alpha value is -0.610. The maximum atomic E-state index is 11.8. The van der Waals surface area contributed by atoms with Crippen molar-refractivity contribution >= 4 is 5.91 Å². The fourth-order valence-electron chi connectivity index (χ4n) is 2.43. The van der Waals surface area contributed by atoms with E-state index in [2.05, 4.69) is 24.5 Å². The second-order valence-electron chi connectivity index (χ2n) is 5.19. The van der Waals surface area contributed by atoms with Crippen LogP contribution in [0.4, 0.5) is 0 Å². The molecule has 0 aliphatic heterocycles. The smallest absolute Gasteiger partial charge is 0.236 e. The van der Waals surface area contributed by atoms with Crippen molar-refractivity contribution in [3.63, 3.8) is 0 Å². The average Bonchev–Trinajstić information content (AvgIpc) is 2.61. The first-order valence-corrected chi connectivity index (χ1v) is 6.59. The zero-order chi connectivity index (χ0) is 12.8. The van der Waals surface area contributed by atoms with Crippen LogP contribution in [0.3, 0.4) is 0 Å². The van der Waals surface area contributed by atoms with Gasteiger partial charge in [-0.1, -0.05) is 13.8 Å². The lowest BCUT2D eigenvalue weighted by Crippen LogP contribution is -2.48. The van der Waals surface area contributed by atoms with Gasteiger partial charge < -0.3 is 15.4 Å². The first-order valence-electron chi connectivity index (χ1n) is 6.59. The molecule has 1 fully saturated rings. The SMILES string of the molecule is COCCNC(=O)C(C)NC1CCC(C)C1C. The quantitative estimate of drug-likeness (QED) is 0.687. The number of rotatable bonds is 6. The van der Waals surface area contributed by atoms with Gasteiger partial charge in [-0.2, -0.15) is 0 Å². The summed E-state index contributed by atoms with van der Waals surface area (Å²) >= 11 is 0. The van der Waals surface area contributed by atoms with Crippen LogP contribution < -0.4 is 10.6 Å². The Morgan fingerprint density at radius 2 is 2.12 bits per heavy atom. The van der Waals surface area contributed by atoms with E-state index in [1.165, 1.54) is 12.8 Å². The molecule has 0 aromatic carbocycles. The van der Waals surface area contributed by atoms with Crippen molar-refractivity contribution in [1.82, 2.24) is 10.6 Å². The topological polar surface area (TPSA) is 50.4 Å². The van der Waals surface area contributed by atoms with E-state index in [0.717, 1.165) is 5.92 Å². The van der Waals surface area contributed by atoms with Crippen LogP contribution in [0.25, 0.3) is 0 Å². The fourth-order valence-corrected chi connectivity index (χ4v) is 2.43. The molecule has 17 heavy (non-hydrogen) atoms. The van der Waals surface area contributed by atoms with E-state index in [1.807, 2.05) is 6.92 Å². The molecular formula is C13H26N2O2.